The molecule has 19 N–H and O–H groups in total. The number of nitrogens with zero attached hydrogens (tertiary/aromatic N) is 3. The molecule has 0 saturated carbocycles. The van der Waals surface area contributed by atoms with Crippen LogP contribution in [-0.2, 0) is 73.7 Å². The Hall–Kier alpha value is -10.9. The Balaban J connectivity index is 1.42. The van der Waals surface area contributed by atoms with Crippen LogP contribution < -0.4 is 53.8 Å². The summed E-state index contributed by atoms with van der Waals surface area (Å²) in [5, 5.41) is 93.5. The highest BCUT2D eigenvalue weighted by molar-refractivity contribution is 5.97. The smallest absolute Gasteiger partial charge is 0.326 e. The first kappa shape index (κ1) is 69.4. The molecule has 3 rings (SSSR count). The summed E-state index contributed by atoms with van der Waals surface area (Å²) in [6.07, 6.45) is -7.59. The Morgan fingerprint density at radius 2 is 0.733 bits per heavy atom. The van der Waals surface area contributed by atoms with Crippen LogP contribution in [0.4, 0.5) is 11.6 Å². The number of carbonyl (C=O) groups excluding carboxylic acids is 7. The van der Waals surface area contributed by atoms with E-state index in [9.17, 15) is 112 Å². The van der Waals surface area contributed by atoms with E-state index in [2.05, 4.69) is 41.2 Å². The van der Waals surface area contributed by atoms with Gasteiger partial charge in [0.05, 0.1) is 18.4 Å². The number of anilines is 2. The van der Waals surface area contributed by atoms with Crippen molar-refractivity contribution >= 4 is 112 Å². The number of hydrogen-bond donors (Lipinski definition) is 18. The third kappa shape index (κ3) is 24.7. The van der Waals surface area contributed by atoms with E-state index in [4.69, 9.17) is 10.8 Å². The summed E-state index contributed by atoms with van der Waals surface area (Å²) in [5.74, 6) is -20.0. The zero-order valence-electron chi connectivity index (χ0n) is 45.1. The van der Waals surface area contributed by atoms with Crippen LogP contribution in [0.3, 0.4) is 0 Å². The first-order valence-electron chi connectivity index (χ1n) is 25.7. The van der Waals surface area contributed by atoms with Gasteiger partial charge in [-0.15, -0.1) is 0 Å². The summed E-state index contributed by atoms with van der Waals surface area (Å²) in [5.41, 5.74) is 5.79. The zero-order chi connectivity index (χ0) is 64.4. The second kappa shape index (κ2) is 33.9. The Morgan fingerprint density at radius 1 is 0.430 bits per heavy atom. The number of rotatable bonds is 39. The maximum Gasteiger partial charge on any atom is 0.326 e. The fraction of sp³-hybridized carbons (Fsp3) is 0.449. The summed E-state index contributed by atoms with van der Waals surface area (Å²) >= 11 is 0. The lowest BCUT2D eigenvalue weighted by atomic mass is 10.1. The fourth-order valence-electron chi connectivity index (χ4n) is 7.55. The largest absolute Gasteiger partial charge is 0.481 e. The van der Waals surface area contributed by atoms with Gasteiger partial charge in [0, 0.05) is 56.2 Å². The summed E-state index contributed by atoms with van der Waals surface area (Å²) in [4.78, 5) is 209. The fourth-order valence-corrected chi connectivity index (χ4v) is 7.55. The Morgan fingerprint density at radius 3 is 1.03 bits per heavy atom. The van der Waals surface area contributed by atoms with Crippen molar-refractivity contribution in [2.45, 2.75) is 139 Å². The molecule has 0 spiro atoms. The number of carbonyl (C=O) groups is 15. The van der Waals surface area contributed by atoms with E-state index in [0.717, 1.165) is 0 Å². The second-order valence-electron chi connectivity index (χ2n) is 18.7. The number of nitrogen functional groups attached to an aromatic ring is 1. The number of carboxylic acid groups (broad SMARTS) is 8. The number of fused-ring (bicyclic) bond motifs is 1. The van der Waals surface area contributed by atoms with Gasteiger partial charge in [-0.25, -0.2) is 43.5 Å². The number of hydrogen-bond acceptors (Lipinski definition) is 21. The second-order valence-corrected chi connectivity index (χ2v) is 18.7. The minimum absolute atomic E-state index is 0.0166. The molecule has 7 amide bonds. The lowest BCUT2D eigenvalue weighted by molar-refractivity contribution is -0.144. The van der Waals surface area contributed by atoms with Crippen molar-refractivity contribution in [1.29, 1.82) is 0 Å². The molecule has 0 radical (unpaired) electrons. The quantitative estimate of drug-likeness (QED) is 0.0259. The SMILES string of the molecule is Nc1nc2ncc(CNc3ccc(C(=O)NC(CCC(=O)NC(CCC(=O)NC(CCC(=O)NC(CCC(=O)NC(CCC(=O)NC(CCC(=O)NC(CCC(=O)O)C(=O)O)C(=O)O)C(=O)O)C(=O)O)C(=O)O)C(=O)O)C(=O)O)cc3)nc2c(=O)[nH]1. The molecule has 0 aliphatic carbocycles. The molecule has 1 aromatic carbocycles. The topological polar surface area (TPSA) is 612 Å². The van der Waals surface area contributed by atoms with Gasteiger partial charge in [-0.1, -0.05) is 0 Å². The van der Waals surface area contributed by atoms with E-state index in [1.54, 1.807) is 0 Å². The maximum absolute atomic E-state index is 12.9. The molecule has 3 aromatic rings. The highest BCUT2D eigenvalue weighted by Gasteiger charge is 2.30. The summed E-state index contributed by atoms with van der Waals surface area (Å²) < 4.78 is 0. The van der Waals surface area contributed by atoms with E-state index in [1.165, 1.54) is 30.5 Å². The minimum Gasteiger partial charge on any atom is -0.481 e. The molecule has 0 fully saturated rings. The van der Waals surface area contributed by atoms with Gasteiger partial charge in [-0.05, 0) is 69.2 Å². The van der Waals surface area contributed by atoms with E-state index in [0.29, 0.717) is 11.4 Å². The minimum atomic E-state index is -1.82. The van der Waals surface area contributed by atoms with Crippen molar-refractivity contribution in [1.82, 2.24) is 57.2 Å². The van der Waals surface area contributed by atoms with Gasteiger partial charge in [-0.3, -0.25) is 48.1 Å². The molecular formula is C49H61N13O24. The van der Waals surface area contributed by atoms with E-state index in [1.807, 2.05) is 21.3 Å². The van der Waals surface area contributed by atoms with Crippen LogP contribution in [0.25, 0.3) is 11.2 Å². The molecule has 86 heavy (non-hydrogen) atoms. The van der Waals surface area contributed by atoms with Gasteiger partial charge in [0.15, 0.2) is 11.2 Å². The zero-order valence-corrected chi connectivity index (χ0v) is 45.1. The molecule has 0 aliphatic heterocycles. The Kier molecular flexibility index (Phi) is 27.3. The summed E-state index contributed by atoms with van der Waals surface area (Å²) in [6.45, 7) is 0.0930. The number of benzene rings is 1. The molecule has 37 heteroatoms. The summed E-state index contributed by atoms with van der Waals surface area (Å²) in [6, 6.07) is -6.48. The number of amides is 7. The monoisotopic (exact) mass is 1220 g/mol. The molecule has 7 unspecified atom stereocenters. The van der Waals surface area contributed by atoms with Crippen molar-refractivity contribution < 1.29 is 113 Å². The molecule has 0 saturated heterocycles. The molecule has 37 nitrogen and oxygen atoms in total. The Bertz CT molecular complexity index is 3120. The molecule has 2 aromatic heterocycles. The van der Waals surface area contributed by atoms with Crippen LogP contribution in [0.15, 0.2) is 35.3 Å². The van der Waals surface area contributed by atoms with Gasteiger partial charge in [0.1, 0.15) is 42.3 Å². The number of aromatic nitrogens is 4. The third-order valence-corrected chi connectivity index (χ3v) is 12.1. The molecule has 2 heterocycles. The average molecular weight is 1220 g/mol. The van der Waals surface area contributed by atoms with Gasteiger partial charge >= 0.3 is 47.8 Å². The van der Waals surface area contributed by atoms with Gasteiger partial charge in [0.2, 0.25) is 41.4 Å². The molecular weight excluding hydrogens is 1150 g/mol. The number of carboxylic acids is 8. The number of H-pyrrole nitrogens is 1. The third-order valence-electron chi connectivity index (χ3n) is 12.1. The van der Waals surface area contributed by atoms with E-state index < -0.39 is 227 Å². The van der Waals surface area contributed by atoms with Crippen molar-refractivity contribution in [2.24, 2.45) is 0 Å². The lowest BCUT2D eigenvalue weighted by Gasteiger charge is -2.19. The predicted molar refractivity (Wildman–Crippen MR) is 285 cm³/mol. The number of aliphatic carboxylic acids is 8. The molecule has 7 atom stereocenters. The van der Waals surface area contributed by atoms with Crippen LogP contribution in [0.2, 0.25) is 0 Å². The van der Waals surface area contributed by atoms with Gasteiger partial charge in [0.25, 0.3) is 11.5 Å². The van der Waals surface area contributed by atoms with Gasteiger partial charge < -0.3 is 89.1 Å². The van der Waals surface area contributed by atoms with Crippen LogP contribution in [0.5, 0.6) is 0 Å². The van der Waals surface area contributed by atoms with E-state index >= 15 is 0 Å². The first-order valence-corrected chi connectivity index (χ1v) is 25.7. The highest BCUT2D eigenvalue weighted by atomic mass is 16.4. The van der Waals surface area contributed by atoms with Crippen LogP contribution in [-0.4, -0.2) is 192 Å². The van der Waals surface area contributed by atoms with Crippen LogP contribution >= 0.6 is 0 Å². The van der Waals surface area contributed by atoms with Crippen molar-refractivity contribution in [3.8, 4) is 0 Å². The van der Waals surface area contributed by atoms with Crippen molar-refractivity contribution in [3.05, 3.63) is 52.1 Å². The number of aromatic amines is 1. The predicted octanol–water partition coefficient (Wildman–Crippen LogP) is -3.95. The average Bonchev–Trinajstić information content (AvgIpc) is 1.64. The molecule has 0 aliphatic rings. The maximum atomic E-state index is 12.9. The van der Waals surface area contributed by atoms with E-state index in [-0.39, 0.29) is 29.2 Å². The molecule has 0 bridgehead atoms. The molecule has 466 valence electrons. The normalized spacial score (nSPS) is 13.3. The van der Waals surface area contributed by atoms with Gasteiger partial charge in [-0.2, -0.15) is 4.98 Å². The lowest BCUT2D eigenvalue weighted by Crippen LogP contribution is -2.46. The Labute approximate surface area is 482 Å². The number of nitrogens with two attached hydrogens (primary N) is 1. The standard InChI is InChI=1S/C49H61N13O24/c50-49-61-39-38(41(72)62-49)53-23(20-52-39)19-51-22-3-1-21(2-4-22)40(71)60-30(48(85)86)10-17-36(68)58-28(46(81)82)8-15-34(66)56-26(44(77)78)6-13-32(64)54-24(42(73)74)5-12-31(63)55-25(43(75)76)7-14-33(65)57-27(45(79)80)9-16-35(67)59-29(47(83)84)11-18-37(69)70/h1-4,20,24-30,51H,5-19H2,(H,54,64)(H,55,63)(H,56,66)(H,57,65)(H,58,68)(H,59,67)(H,60,71)(H,69,70)(H,73,74)(H,75,76)(H,77,78)(H,79,80)(H,81,82)(H,83,84)(H,85,86)(H3,50,52,61,62,72). The van der Waals surface area contributed by atoms with Crippen molar-refractivity contribution in [2.75, 3.05) is 11.1 Å². The summed E-state index contributed by atoms with van der Waals surface area (Å²) in [7, 11) is 0. The first-order chi connectivity index (χ1) is 40.4. The van der Waals surface area contributed by atoms with Crippen molar-refractivity contribution in [3.63, 3.8) is 0 Å². The number of nitrogens with one attached hydrogen (secondary N) is 9. The van der Waals surface area contributed by atoms with Crippen LogP contribution in [0.1, 0.15) is 106 Å². The highest BCUT2D eigenvalue weighted by Crippen LogP contribution is 2.14. The van der Waals surface area contributed by atoms with Crippen LogP contribution in [0, 0.1) is 0 Å².